The third-order valence-electron chi connectivity index (χ3n) is 2.75. The standard InChI is InChI=1S/C16H15BrN2O3/c1-2-18-16(21)14(10-13-7-4-8-22-13)19-15(20)11-5-3-6-12(17)9-11/h3-10H,2H2,1H3,(H,18,21)(H,19,20)/b14-10-. The van der Waals surface area contributed by atoms with E-state index in [4.69, 9.17) is 4.42 Å². The Morgan fingerprint density at radius 3 is 2.73 bits per heavy atom. The molecule has 0 saturated carbocycles. The van der Waals surface area contributed by atoms with Crippen molar-refractivity contribution in [3.05, 3.63) is 64.2 Å². The number of benzene rings is 1. The maximum Gasteiger partial charge on any atom is 0.267 e. The molecule has 0 radical (unpaired) electrons. The Labute approximate surface area is 136 Å². The highest BCUT2D eigenvalue weighted by molar-refractivity contribution is 9.10. The first kappa shape index (κ1) is 16.0. The second-order valence-corrected chi connectivity index (χ2v) is 5.31. The normalized spacial score (nSPS) is 11.1. The van der Waals surface area contributed by atoms with Crippen LogP contribution in [0.3, 0.4) is 0 Å². The Bertz CT molecular complexity index is 693. The molecule has 0 fully saturated rings. The maximum atomic E-state index is 12.3. The van der Waals surface area contributed by atoms with Crippen molar-refractivity contribution >= 4 is 33.8 Å². The van der Waals surface area contributed by atoms with Crippen LogP contribution in [0.5, 0.6) is 0 Å². The summed E-state index contributed by atoms with van der Waals surface area (Å²) in [6.45, 7) is 2.26. The van der Waals surface area contributed by atoms with Crippen LogP contribution in [0.4, 0.5) is 0 Å². The van der Waals surface area contributed by atoms with E-state index in [0.29, 0.717) is 17.9 Å². The average Bonchev–Trinajstić information content (AvgIpc) is 2.99. The molecule has 0 unspecified atom stereocenters. The Hall–Kier alpha value is -2.34. The van der Waals surface area contributed by atoms with Crippen molar-refractivity contribution in [1.82, 2.24) is 10.6 Å². The van der Waals surface area contributed by atoms with Gasteiger partial charge in [0.1, 0.15) is 11.5 Å². The van der Waals surface area contributed by atoms with E-state index in [1.807, 2.05) is 6.07 Å². The second kappa shape index (κ2) is 7.61. The lowest BCUT2D eigenvalue weighted by molar-refractivity contribution is -0.117. The SMILES string of the molecule is CCNC(=O)/C(=C/c1ccco1)NC(=O)c1cccc(Br)c1. The van der Waals surface area contributed by atoms with Gasteiger partial charge < -0.3 is 15.1 Å². The van der Waals surface area contributed by atoms with Gasteiger partial charge in [0, 0.05) is 22.7 Å². The Balaban J connectivity index is 2.23. The molecule has 1 aromatic heterocycles. The van der Waals surface area contributed by atoms with Crippen molar-refractivity contribution in [2.75, 3.05) is 6.54 Å². The van der Waals surface area contributed by atoms with Crippen LogP contribution in [0.1, 0.15) is 23.0 Å². The van der Waals surface area contributed by atoms with Gasteiger partial charge in [0.25, 0.3) is 11.8 Å². The van der Waals surface area contributed by atoms with Gasteiger partial charge in [-0.25, -0.2) is 0 Å². The summed E-state index contributed by atoms with van der Waals surface area (Å²) in [5, 5.41) is 5.27. The molecule has 2 aromatic rings. The van der Waals surface area contributed by atoms with Gasteiger partial charge in [-0.1, -0.05) is 22.0 Å². The summed E-state index contributed by atoms with van der Waals surface area (Å²) in [7, 11) is 0. The van der Waals surface area contributed by atoms with Crippen LogP contribution in [-0.2, 0) is 4.79 Å². The van der Waals surface area contributed by atoms with Gasteiger partial charge in [-0.05, 0) is 37.3 Å². The molecule has 114 valence electrons. The number of carbonyl (C=O) groups excluding carboxylic acids is 2. The zero-order valence-corrected chi connectivity index (χ0v) is 13.5. The number of amides is 2. The lowest BCUT2D eigenvalue weighted by Crippen LogP contribution is -2.34. The van der Waals surface area contributed by atoms with E-state index < -0.39 is 0 Å². The monoisotopic (exact) mass is 362 g/mol. The summed E-state index contributed by atoms with van der Waals surface area (Å²) in [6, 6.07) is 10.3. The number of halogens is 1. The fourth-order valence-electron chi connectivity index (χ4n) is 1.75. The minimum absolute atomic E-state index is 0.127. The van der Waals surface area contributed by atoms with Gasteiger partial charge in [0.15, 0.2) is 0 Å². The zero-order chi connectivity index (χ0) is 15.9. The predicted octanol–water partition coefficient (Wildman–Crippen LogP) is 2.95. The molecule has 2 rings (SSSR count). The first-order valence-corrected chi connectivity index (χ1v) is 7.49. The average molecular weight is 363 g/mol. The number of hydrogen-bond donors (Lipinski definition) is 2. The number of hydrogen-bond acceptors (Lipinski definition) is 3. The molecule has 1 heterocycles. The van der Waals surface area contributed by atoms with Gasteiger partial charge in [-0.3, -0.25) is 9.59 Å². The highest BCUT2D eigenvalue weighted by Crippen LogP contribution is 2.12. The quantitative estimate of drug-likeness (QED) is 0.803. The molecule has 6 heteroatoms. The fourth-order valence-corrected chi connectivity index (χ4v) is 2.15. The highest BCUT2D eigenvalue weighted by atomic mass is 79.9. The summed E-state index contributed by atoms with van der Waals surface area (Å²) in [5.41, 5.74) is 0.575. The third kappa shape index (κ3) is 4.33. The summed E-state index contributed by atoms with van der Waals surface area (Å²) < 4.78 is 5.97. The number of nitrogens with one attached hydrogen (secondary N) is 2. The van der Waals surface area contributed by atoms with Crippen molar-refractivity contribution in [1.29, 1.82) is 0 Å². The van der Waals surface area contributed by atoms with Crippen molar-refractivity contribution in [3.63, 3.8) is 0 Å². The van der Waals surface area contributed by atoms with E-state index in [1.54, 1.807) is 37.3 Å². The van der Waals surface area contributed by atoms with Gasteiger partial charge in [0.05, 0.1) is 6.26 Å². The first-order valence-electron chi connectivity index (χ1n) is 6.70. The predicted molar refractivity (Wildman–Crippen MR) is 87.0 cm³/mol. The van der Waals surface area contributed by atoms with Gasteiger partial charge >= 0.3 is 0 Å². The Morgan fingerprint density at radius 2 is 2.09 bits per heavy atom. The van der Waals surface area contributed by atoms with E-state index in [1.165, 1.54) is 12.3 Å². The van der Waals surface area contributed by atoms with E-state index >= 15 is 0 Å². The lowest BCUT2D eigenvalue weighted by Gasteiger charge is -2.09. The molecule has 0 saturated heterocycles. The third-order valence-corrected chi connectivity index (χ3v) is 3.24. The van der Waals surface area contributed by atoms with Crippen molar-refractivity contribution < 1.29 is 14.0 Å². The van der Waals surface area contributed by atoms with E-state index in [2.05, 4.69) is 26.6 Å². The Kier molecular flexibility index (Phi) is 5.55. The molecule has 0 atom stereocenters. The number of furan rings is 1. The fraction of sp³-hybridized carbons (Fsp3) is 0.125. The van der Waals surface area contributed by atoms with Crippen molar-refractivity contribution in [2.24, 2.45) is 0 Å². The molecule has 5 nitrogen and oxygen atoms in total. The molecule has 0 aliphatic heterocycles. The van der Waals surface area contributed by atoms with Crippen molar-refractivity contribution in [2.45, 2.75) is 6.92 Å². The smallest absolute Gasteiger partial charge is 0.267 e. The lowest BCUT2D eigenvalue weighted by atomic mass is 10.2. The number of carbonyl (C=O) groups is 2. The van der Waals surface area contributed by atoms with Gasteiger partial charge in [-0.2, -0.15) is 0 Å². The van der Waals surface area contributed by atoms with Gasteiger partial charge in [-0.15, -0.1) is 0 Å². The van der Waals surface area contributed by atoms with Crippen LogP contribution in [-0.4, -0.2) is 18.4 Å². The van der Waals surface area contributed by atoms with Gasteiger partial charge in [0.2, 0.25) is 0 Å². The summed E-state index contributed by atoms with van der Waals surface area (Å²) in [6.07, 6.45) is 2.98. The van der Waals surface area contributed by atoms with Crippen LogP contribution in [0, 0.1) is 0 Å². The largest absolute Gasteiger partial charge is 0.465 e. The summed E-state index contributed by atoms with van der Waals surface area (Å²) in [5.74, 6) is -0.261. The van der Waals surface area contributed by atoms with Crippen LogP contribution in [0.2, 0.25) is 0 Å². The maximum absolute atomic E-state index is 12.3. The first-order chi connectivity index (χ1) is 10.6. The van der Waals surface area contributed by atoms with E-state index in [9.17, 15) is 9.59 Å². The zero-order valence-electron chi connectivity index (χ0n) is 11.9. The molecular formula is C16H15BrN2O3. The molecule has 0 bridgehead atoms. The van der Waals surface area contributed by atoms with Crippen LogP contribution in [0.25, 0.3) is 6.08 Å². The molecule has 22 heavy (non-hydrogen) atoms. The minimum Gasteiger partial charge on any atom is -0.465 e. The second-order valence-electron chi connectivity index (χ2n) is 4.40. The Morgan fingerprint density at radius 1 is 1.27 bits per heavy atom. The molecule has 1 aromatic carbocycles. The molecule has 0 spiro atoms. The molecule has 0 aliphatic rings. The molecular weight excluding hydrogens is 348 g/mol. The minimum atomic E-state index is -0.373. The number of rotatable bonds is 5. The number of likely N-dealkylation sites (N-methyl/N-ethyl adjacent to an activating group) is 1. The van der Waals surface area contributed by atoms with Crippen LogP contribution in [0.15, 0.2) is 57.2 Å². The van der Waals surface area contributed by atoms with Crippen LogP contribution < -0.4 is 10.6 Å². The highest BCUT2D eigenvalue weighted by Gasteiger charge is 2.14. The molecule has 2 amide bonds. The molecule has 2 N–H and O–H groups in total. The molecule has 0 aliphatic carbocycles. The summed E-state index contributed by atoms with van der Waals surface area (Å²) >= 11 is 3.31. The van der Waals surface area contributed by atoms with E-state index in [-0.39, 0.29) is 17.5 Å². The van der Waals surface area contributed by atoms with Crippen molar-refractivity contribution in [3.8, 4) is 0 Å². The summed E-state index contributed by atoms with van der Waals surface area (Å²) in [4.78, 5) is 24.3. The van der Waals surface area contributed by atoms with Crippen LogP contribution >= 0.6 is 15.9 Å². The van der Waals surface area contributed by atoms with E-state index in [0.717, 1.165) is 4.47 Å². The topological polar surface area (TPSA) is 71.3 Å².